The Morgan fingerprint density at radius 3 is 3.10 bits per heavy atom. The Kier molecular flexibility index (Phi) is 3.75. The zero-order chi connectivity index (χ0) is 13.9. The Morgan fingerprint density at radius 1 is 1.40 bits per heavy atom. The van der Waals surface area contributed by atoms with E-state index in [4.69, 9.17) is 0 Å². The van der Waals surface area contributed by atoms with Gasteiger partial charge in [0, 0.05) is 25.2 Å². The van der Waals surface area contributed by atoms with Crippen LogP contribution in [0.3, 0.4) is 0 Å². The van der Waals surface area contributed by atoms with Gasteiger partial charge in [0.2, 0.25) is 0 Å². The van der Waals surface area contributed by atoms with Crippen LogP contribution in [-0.2, 0) is 13.0 Å². The van der Waals surface area contributed by atoms with Crippen molar-refractivity contribution in [2.45, 2.75) is 25.9 Å². The fourth-order valence-corrected chi connectivity index (χ4v) is 3.12. The van der Waals surface area contributed by atoms with Gasteiger partial charge >= 0.3 is 0 Å². The van der Waals surface area contributed by atoms with Crippen molar-refractivity contribution >= 4 is 21.6 Å². The molecule has 0 aromatic carbocycles. The van der Waals surface area contributed by atoms with Crippen LogP contribution < -0.4 is 5.32 Å². The predicted molar refractivity (Wildman–Crippen MR) is 80.8 cm³/mol. The van der Waals surface area contributed by atoms with Gasteiger partial charge in [0.05, 0.1) is 10.2 Å². The van der Waals surface area contributed by atoms with Gasteiger partial charge in [-0.1, -0.05) is 0 Å². The molecule has 0 fully saturated rings. The lowest BCUT2D eigenvalue weighted by Gasteiger charge is -2.16. The zero-order valence-corrected chi connectivity index (χ0v) is 12.4. The van der Waals surface area contributed by atoms with Crippen LogP contribution in [0.15, 0.2) is 30.0 Å². The van der Waals surface area contributed by atoms with Crippen LogP contribution in [0.25, 0.3) is 10.2 Å². The SMILES string of the molecule is CCn1ncnc1CC(NC)c1cnc2ccsc2c1. The molecule has 3 aromatic heterocycles. The second kappa shape index (κ2) is 5.68. The molecule has 0 aliphatic heterocycles. The van der Waals surface area contributed by atoms with E-state index in [1.807, 2.05) is 24.0 Å². The smallest absolute Gasteiger partial charge is 0.138 e. The minimum absolute atomic E-state index is 0.198. The normalized spacial score (nSPS) is 12.9. The Balaban J connectivity index is 1.88. The number of hydrogen-bond donors (Lipinski definition) is 1. The molecular weight excluding hydrogens is 270 g/mol. The first-order valence-electron chi connectivity index (χ1n) is 6.69. The van der Waals surface area contributed by atoms with E-state index < -0.39 is 0 Å². The summed E-state index contributed by atoms with van der Waals surface area (Å²) in [7, 11) is 1.97. The Bertz CT molecular complexity index is 702. The van der Waals surface area contributed by atoms with Gasteiger partial charge in [-0.25, -0.2) is 4.98 Å². The second-order valence-corrected chi connectivity index (χ2v) is 5.56. The summed E-state index contributed by atoms with van der Waals surface area (Å²) in [4.78, 5) is 8.86. The summed E-state index contributed by atoms with van der Waals surface area (Å²) in [5.74, 6) is 0.998. The number of nitrogens with zero attached hydrogens (tertiary/aromatic N) is 4. The number of fused-ring (bicyclic) bond motifs is 1. The van der Waals surface area contributed by atoms with Gasteiger partial charge in [0.15, 0.2) is 0 Å². The summed E-state index contributed by atoms with van der Waals surface area (Å²) >= 11 is 1.72. The molecule has 0 bridgehead atoms. The number of aromatic nitrogens is 4. The molecule has 5 nitrogen and oxygen atoms in total. The summed E-state index contributed by atoms with van der Waals surface area (Å²) in [6, 6.07) is 4.45. The van der Waals surface area contributed by atoms with Crippen LogP contribution in [0, 0.1) is 0 Å². The van der Waals surface area contributed by atoms with Gasteiger partial charge in [-0.2, -0.15) is 5.10 Å². The third kappa shape index (κ3) is 2.44. The maximum atomic E-state index is 4.51. The molecule has 0 saturated heterocycles. The molecule has 104 valence electrons. The number of thiophene rings is 1. The lowest BCUT2D eigenvalue weighted by atomic mass is 10.1. The van der Waals surface area contributed by atoms with E-state index >= 15 is 0 Å². The Hall–Kier alpha value is -1.79. The van der Waals surface area contributed by atoms with Crippen molar-refractivity contribution in [2.24, 2.45) is 0 Å². The summed E-state index contributed by atoms with van der Waals surface area (Å²) < 4.78 is 3.15. The molecule has 0 spiro atoms. The number of pyridine rings is 1. The van der Waals surface area contributed by atoms with Crippen LogP contribution >= 0.6 is 11.3 Å². The highest BCUT2D eigenvalue weighted by atomic mass is 32.1. The Morgan fingerprint density at radius 2 is 2.30 bits per heavy atom. The zero-order valence-electron chi connectivity index (χ0n) is 11.6. The van der Waals surface area contributed by atoms with Crippen LogP contribution in [-0.4, -0.2) is 26.8 Å². The fourth-order valence-electron chi connectivity index (χ4n) is 2.33. The number of rotatable bonds is 5. The highest BCUT2D eigenvalue weighted by Gasteiger charge is 2.15. The fraction of sp³-hybridized carbons (Fsp3) is 0.357. The lowest BCUT2D eigenvalue weighted by Crippen LogP contribution is -2.21. The summed E-state index contributed by atoms with van der Waals surface area (Å²) in [5, 5.41) is 9.64. The largest absolute Gasteiger partial charge is 0.313 e. The molecule has 0 radical (unpaired) electrons. The number of hydrogen-bond acceptors (Lipinski definition) is 5. The van der Waals surface area contributed by atoms with Crippen molar-refractivity contribution in [1.82, 2.24) is 25.1 Å². The highest BCUT2D eigenvalue weighted by Crippen LogP contribution is 2.24. The second-order valence-electron chi connectivity index (χ2n) is 4.61. The van der Waals surface area contributed by atoms with E-state index in [0.29, 0.717) is 0 Å². The van der Waals surface area contributed by atoms with Crippen LogP contribution in [0.5, 0.6) is 0 Å². The van der Waals surface area contributed by atoms with Crippen molar-refractivity contribution in [3.05, 3.63) is 41.4 Å². The topological polar surface area (TPSA) is 55.6 Å². The molecule has 0 aliphatic rings. The van der Waals surface area contributed by atoms with E-state index in [9.17, 15) is 0 Å². The molecule has 3 aromatic rings. The van der Waals surface area contributed by atoms with E-state index in [1.165, 1.54) is 10.3 Å². The summed E-state index contributed by atoms with van der Waals surface area (Å²) in [6.45, 7) is 2.92. The quantitative estimate of drug-likeness (QED) is 0.783. The average Bonchev–Trinajstić information content (AvgIpc) is 3.12. The minimum atomic E-state index is 0.198. The van der Waals surface area contributed by atoms with Gasteiger partial charge in [-0.15, -0.1) is 11.3 Å². The van der Waals surface area contributed by atoms with E-state index in [0.717, 1.165) is 24.3 Å². The minimum Gasteiger partial charge on any atom is -0.313 e. The van der Waals surface area contributed by atoms with Crippen LogP contribution in [0.4, 0.5) is 0 Å². The maximum Gasteiger partial charge on any atom is 0.138 e. The maximum absolute atomic E-state index is 4.51. The van der Waals surface area contributed by atoms with Crippen molar-refractivity contribution in [2.75, 3.05) is 7.05 Å². The molecule has 0 amide bonds. The molecule has 1 atom stereocenters. The molecule has 0 saturated carbocycles. The van der Waals surface area contributed by atoms with E-state index in [1.54, 1.807) is 17.7 Å². The highest BCUT2D eigenvalue weighted by molar-refractivity contribution is 7.17. The van der Waals surface area contributed by atoms with Gasteiger partial charge < -0.3 is 5.32 Å². The van der Waals surface area contributed by atoms with Crippen molar-refractivity contribution < 1.29 is 0 Å². The lowest BCUT2D eigenvalue weighted by molar-refractivity contribution is 0.533. The van der Waals surface area contributed by atoms with Gasteiger partial charge in [-0.05, 0) is 37.0 Å². The standard InChI is InChI=1S/C14H17N5S/c1-3-19-14(17-9-18-19)7-12(15-2)10-6-13-11(16-8-10)4-5-20-13/h4-6,8-9,12,15H,3,7H2,1-2H3. The first-order valence-corrected chi connectivity index (χ1v) is 7.57. The molecule has 6 heteroatoms. The molecule has 3 heterocycles. The Labute approximate surface area is 121 Å². The van der Waals surface area contributed by atoms with Crippen molar-refractivity contribution in [1.29, 1.82) is 0 Å². The monoisotopic (exact) mass is 287 g/mol. The van der Waals surface area contributed by atoms with E-state index in [2.05, 4.69) is 38.8 Å². The summed E-state index contributed by atoms with van der Waals surface area (Å²) in [6.07, 6.45) is 4.37. The van der Waals surface area contributed by atoms with Gasteiger partial charge in [0.25, 0.3) is 0 Å². The van der Waals surface area contributed by atoms with Crippen LogP contribution in [0.2, 0.25) is 0 Å². The molecule has 20 heavy (non-hydrogen) atoms. The van der Waals surface area contributed by atoms with E-state index in [-0.39, 0.29) is 6.04 Å². The number of nitrogens with one attached hydrogen (secondary N) is 1. The van der Waals surface area contributed by atoms with Crippen molar-refractivity contribution in [3.8, 4) is 0 Å². The third-order valence-electron chi connectivity index (χ3n) is 3.46. The average molecular weight is 287 g/mol. The summed E-state index contributed by atoms with van der Waals surface area (Å²) in [5.41, 5.74) is 2.25. The van der Waals surface area contributed by atoms with Crippen molar-refractivity contribution in [3.63, 3.8) is 0 Å². The van der Waals surface area contributed by atoms with Gasteiger partial charge in [0.1, 0.15) is 12.2 Å². The van der Waals surface area contributed by atoms with Gasteiger partial charge in [-0.3, -0.25) is 9.67 Å². The molecule has 3 rings (SSSR count). The number of likely N-dealkylation sites (N-methyl/N-ethyl adjacent to an activating group) is 1. The molecular formula is C14H17N5S. The molecule has 1 N–H and O–H groups in total. The third-order valence-corrected chi connectivity index (χ3v) is 4.31. The predicted octanol–water partition coefficient (Wildman–Crippen LogP) is 2.41. The molecule has 1 unspecified atom stereocenters. The number of aryl methyl sites for hydroxylation is 1. The van der Waals surface area contributed by atoms with Crippen LogP contribution in [0.1, 0.15) is 24.4 Å². The first-order chi connectivity index (χ1) is 9.81. The molecule has 0 aliphatic carbocycles. The first kappa shape index (κ1) is 13.2.